The summed E-state index contributed by atoms with van der Waals surface area (Å²) < 4.78 is 6.62. The molecule has 0 saturated heterocycles. The van der Waals surface area contributed by atoms with Crippen molar-refractivity contribution in [1.82, 2.24) is 25.5 Å². The molecule has 3 rings (SSSR count). The molecule has 0 fully saturated rings. The van der Waals surface area contributed by atoms with Crippen LogP contribution in [-0.2, 0) is 11.3 Å². The van der Waals surface area contributed by atoms with Gasteiger partial charge in [0.05, 0.1) is 17.8 Å². The molecular formula is C18H17N5O3. The molecule has 1 amide bonds. The summed E-state index contributed by atoms with van der Waals surface area (Å²) in [6.07, 6.45) is 0. The Morgan fingerprint density at radius 2 is 1.85 bits per heavy atom. The molecule has 0 aliphatic rings. The summed E-state index contributed by atoms with van der Waals surface area (Å²) in [5.74, 6) is -0.198. The van der Waals surface area contributed by atoms with Crippen LogP contribution < -0.4 is 10.1 Å². The van der Waals surface area contributed by atoms with Gasteiger partial charge in [-0.25, -0.2) is 0 Å². The average molecular weight is 351 g/mol. The van der Waals surface area contributed by atoms with Crippen LogP contribution in [0.15, 0.2) is 48.5 Å². The van der Waals surface area contributed by atoms with E-state index in [9.17, 15) is 9.59 Å². The molecule has 0 radical (unpaired) electrons. The zero-order chi connectivity index (χ0) is 18.5. The third-order valence-electron chi connectivity index (χ3n) is 3.61. The lowest BCUT2D eigenvalue weighted by Crippen LogP contribution is -2.25. The van der Waals surface area contributed by atoms with Gasteiger partial charge >= 0.3 is 5.97 Å². The molecule has 132 valence electrons. The minimum absolute atomic E-state index is 0.119. The van der Waals surface area contributed by atoms with Gasteiger partial charge in [-0.1, -0.05) is 29.8 Å². The summed E-state index contributed by atoms with van der Waals surface area (Å²) in [6.45, 7) is 3.39. The van der Waals surface area contributed by atoms with Crippen LogP contribution in [0.1, 0.15) is 28.7 Å². The fourth-order valence-corrected chi connectivity index (χ4v) is 2.36. The van der Waals surface area contributed by atoms with Crippen molar-refractivity contribution in [1.29, 1.82) is 0 Å². The third kappa shape index (κ3) is 3.92. The zero-order valence-electron chi connectivity index (χ0n) is 14.3. The fourth-order valence-electron chi connectivity index (χ4n) is 2.36. The lowest BCUT2D eigenvalue weighted by molar-refractivity contribution is -0.131. The lowest BCUT2D eigenvalue weighted by Gasteiger charge is -2.09. The van der Waals surface area contributed by atoms with E-state index in [0.717, 1.165) is 11.3 Å². The first-order chi connectivity index (χ1) is 12.5. The van der Waals surface area contributed by atoms with Gasteiger partial charge < -0.3 is 10.1 Å². The molecule has 8 nitrogen and oxygen atoms in total. The molecule has 0 atom stereocenters. The van der Waals surface area contributed by atoms with E-state index >= 15 is 0 Å². The van der Waals surface area contributed by atoms with Crippen molar-refractivity contribution in [2.75, 3.05) is 0 Å². The number of aromatic nitrogens is 4. The summed E-state index contributed by atoms with van der Waals surface area (Å²) in [5, 5.41) is 14.3. The van der Waals surface area contributed by atoms with Crippen molar-refractivity contribution in [3.8, 4) is 11.4 Å². The van der Waals surface area contributed by atoms with E-state index in [4.69, 9.17) is 4.74 Å². The van der Waals surface area contributed by atoms with E-state index in [1.807, 2.05) is 31.2 Å². The van der Waals surface area contributed by atoms with Gasteiger partial charge in [0.1, 0.15) is 5.75 Å². The van der Waals surface area contributed by atoms with Crippen LogP contribution in [0.4, 0.5) is 0 Å². The summed E-state index contributed by atoms with van der Waals surface area (Å²) in [4.78, 5) is 23.6. The number of rotatable bonds is 5. The van der Waals surface area contributed by atoms with Gasteiger partial charge in [0, 0.05) is 6.92 Å². The highest BCUT2D eigenvalue weighted by atomic mass is 16.5. The Labute approximate surface area is 149 Å². The molecule has 1 N–H and O–H groups in total. The summed E-state index contributed by atoms with van der Waals surface area (Å²) in [5.41, 5.74) is 2.18. The number of hydrogen-bond acceptors (Lipinski definition) is 6. The number of esters is 1. The molecule has 1 aromatic heterocycles. The number of aryl methyl sites for hydroxylation is 1. The molecule has 8 heteroatoms. The van der Waals surface area contributed by atoms with Gasteiger partial charge in [-0.05, 0) is 41.6 Å². The SMILES string of the molecule is CC(=O)Oc1ccccc1C(=O)NCc1nnnn1-c1ccc(C)cc1. The number of nitrogens with zero attached hydrogens (tertiary/aromatic N) is 4. The van der Waals surface area contributed by atoms with Gasteiger partial charge in [0.2, 0.25) is 0 Å². The smallest absolute Gasteiger partial charge is 0.308 e. The maximum Gasteiger partial charge on any atom is 0.308 e. The highest BCUT2D eigenvalue weighted by Crippen LogP contribution is 2.18. The van der Waals surface area contributed by atoms with Gasteiger partial charge in [-0.2, -0.15) is 4.68 Å². The molecular weight excluding hydrogens is 334 g/mol. The number of hydrogen-bond donors (Lipinski definition) is 1. The van der Waals surface area contributed by atoms with E-state index < -0.39 is 5.97 Å². The topological polar surface area (TPSA) is 99.0 Å². The molecule has 0 aliphatic heterocycles. The number of benzene rings is 2. The van der Waals surface area contributed by atoms with Crippen molar-refractivity contribution in [3.05, 3.63) is 65.5 Å². The number of ether oxygens (including phenoxy) is 1. The quantitative estimate of drug-likeness (QED) is 0.556. The van der Waals surface area contributed by atoms with Gasteiger partial charge in [-0.15, -0.1) is 5.10 Å². The standard InChI is InChI=1S/C18H17N5O3/c1-12-7-9-14(10-8-12)23-17(20-21-22-23)11-19-18(25)15-5-3-4-6-16(15)26-13(2)24/h3-10H,11H2,1-2H3,(H,19,25). The monoisotopic (exact) mass is 351 g/mol. The van der Waals surface area contributed by atoms with Crippen molar-refractivity contribution in [2.45, 2.75) is 20.4 Å². The normalized spacial score (nSPS) is 10.4. The number of carbonyl (C=O) groups excluding carboxylic acids is 2. The first-order valence-corrected chi connectivity index (χ1v) is 7.94. The molecule has 2 aromatic carbocycles. The van der Waals surface area contributed by atoms with Crippen LogP contribution in [0.2, 0.25) is 0 Å². The van der Waals surface area contributed by atoms with E-state index in [1.165, 1.54) is 6.92 Å². The number of nitrogens with one attached hydrogen (secondary N) is 1. The van der Waals surface area contributed by atoms with Crippen molar-refractivity contribution < 1.29 is 14.3 Å². The Morgan fingerprint density at radius 3 is 2.58 bits per heavy atom. The predicted octanol–water partition coefficient (Wildman–Crippen LogP) is 1.83. The van der Waals surface area contributed by atoms with E-state index in [1.54, 1.807) is 28.9 Å². The van der Waals surface area contributed by atoms with Crippen LogP contribution in [0.3, 0.4) is 0 Å². The van der Waals surface area contributed by atoms with Crippen LogP contribution in [0.5, 0.6) is 5.75 Å². The highest BCUT2D eigenvalue weighted by molar-refractivity contribution is 5.97. The van der Waals surface area contributed by atoms with Crippen LogP contribution in [0.25, 0.3) is 5.69 Å². The van der Waals surface area contributed by atoms with Crippen LogP contribution >= 0.6 is 0 Å². The van der Waals surface area contributed by atoms with Gasteiger partial charge in [-0.3, -0.25) is 9.59 Å². The first kappa shape index (κ1) is 17.3. The second-order valence-corrected chi connectivity index (χ2v) is 5.61. The Kier molecular flexibility index (Phi) is 5.02. The fraction of sp³-hybridized carbons (Fsp3) is 0.167. The Hall–Kier alpha value is -3.55. The largest absolute Gasteiger partial charge is 0.426 e. The van der Waals surface area contributed by atoms with Crippen LogP contribution in [-0.4, -0.2) is 32.1 Å². The average Bonchev–Trinajstić information content (AvgIpc) is 3.09. The highest BCUT2D eigenvalue weighted by Gasteiger charge is 2.15. The Bertz CT molecular complexity index is 934. The van der Waals surface area contributed by atoms with Gasteiger partial charge in [0.15, 0.2) is 5.82 Å². The van der Waals surface area contributed by atoms with Crippen molar-refractivity contribution in [3.63, 3.8) is 0 Å². The maximum absolute atomic E-state index is 12.5. The Morgan fingerprint density at radius 1 is 1.12 bits per heavy atom. The first-order valence-electron chi connectivity index (χ1n) is 7.94. The maximum atomic E-state index is 12.5. The van der Waals surface area contributed by atoms with Crippen molar-refractivity contribution in [2.24, 2.45) is 0 Å². The predicted molar refractivity (Wildman–Crippen MR) is 92.8 cm³/mol. The number of tetrazole rings is 1. The van der Waals surface area contributed by atoms with Crippen molar-refractivity contribution >= 4 is 11.9 Å². The summed E-state index contributed by atoms with van der Waals surface area (Å²) >= 11 is 0. The number of carbonyl (C=O) groups is 2. The molecule has 26 heavy (non-hydrogen) atoms. The molecule has 0 spiro atoms. The molecule has 1 heterocycles. The lowest BCUT2D eigenvalue weighted by atomic mass is 10.2. The summed E-state index contributed by atoms with van der Waals surface area (Å²) in [6, 6.07) is 14.2. The van der Waals surface area contributed by atoms with E-state index in [0.29, 0.717) is 5.82 Å². The van der Waals surface area contributed by atoms with Gasteiger partial charge in [0.25, 0.3) is 5.91 Å². The minimum Gasteiger partial charge on any atom is -0.426 e. The van der Waals surface area contributed by atoms with E-state index in [-0.39, 0.29) is 23.8 Å². The molecule has 0 unspecified atom stereocenters. The minimum atomic E-state index is -0.492. The second-order valence-electron chi connectivity index (χ2n) is 5.61. The summed E-state index contributed by atoms with van der Waals surface area (Å²) in [7, 11) is 0. The molecule has 0 aliphatic carbocycles. The van der Waals surface area contributed by atoms with E-state index in [2.05, 4.69) is 20.8 Å². The third-order valence-corrected chi connectivity index (χ3v) is 3.61. The second kappa shape index (κ2) is 7.56. The zero-order valence-corrected chi connectivity index (χ0v) is 14.3. The van der Waals surface area contributed by atoms with Crippen LogP contribution in [0, 0.1) is 6.92 Å². The Balaban J connectivity index is 1.75. The molecule has 3 aromatic rings. The molecule has 0 bridgehead atoms. The molecule has 0 saturated carbocycles. The number of amides is 1. The number of para-hydroxylation sites is 1.